The molecule has 4 aromatic rings. The van der Waals surface area contributed by atoms with Gasteiger partial charge in [0, 0.05) is 20.4 Å². The quantitative estimate of drug-likeness (QED) is 0.318. The summed E-state index contributed by atoms with van der Waals surface area (Å²) < 4.78 is 2.87. The zero-order chi connectivity index (χ0) is 18.8. The van der Waals surface area contributed by atoms with Crippen molar-refractivity contribution in [1.82, 2.24) is 9.97 Å². The van der Waals surface area contributed by atoms with E-state index in [-0.39, 0.29) is 11.7 Å². The first kappa shape index (κ1) is 18.9. The minimum absolute atomic E-state index is 0.0960. The van der Waals surface area contributed by atoms with Gasteiger partial charge in [-0.15, -0.1) is 11.3 Å². The van der Waals surface area contributed by atoms with Crippen LogP contribution in [0.3, 0.4) is 0 Å². The molecule has 0 fully saturated rings. The predicted octanol–water partition coefficient (Wildman–Crippen LogP) is 6.57. The van der Waals surface area contributed by atoms with E-state index in [4.69, 9.17) is 11.6 Å². The second kappa shape index (κ2) is 8.28. The predicted molar refractivity (Wildman–Crippen MR) is 119 cm³/mol. The molecule has 27 heavy (non-hydrogen) atoms. The fourth-order valence-corrected chi connectivity index (χ4v) is 5.51. The highest BCUT2D eigenvalue weighted by atomic mass is 79.9. The molecule has 0 unspecified atom stereocenters. The van der Waals surface area contributed by atoms with Gasteiger partial charge in [-0.3, -0.25) is 4.79 Å². The van der Waals surface area contributed by atoms with Gasteiger partial charge in [0.15, 0.2) is 9.47 Å². The Morgan fingerprint density at radius 1 is 1.19 bits per heavy atom. The van der Waals surface area contributed by atoms with E-state index in [0.717, 1.165) is 30.3 Å². The largest absolute Gasteiger partial charge is 0.301 e. The second-order valence-electron chi connectivity index (χ2n) is 5.47. The Kier molecular flexibility index (Phi) is 5.79. The fourth-order valence-electron chi connectivity index (χ4n) is 2.31. The van der Waals surface area contributed by atoms with Crippen LogP contribution in [0.5, 0.6) is 0 Å². The molecular weight excluding hydrogens is 486 g/mol. The number of fused-ring (bicyclic) bond motifs is 1. The summed E-state index contributed by atoms with van der Waals surface area (Å²) in [5.74, 6) is 0.189. The summed E-state index contributed by atoms with van der Waals surface area (Å²) in [7, 11) is 0. The van der Waals surface area contributed by atoms with Gasteiger partial charge in [0.05, 0.1) is 21.7 Å². The molecule has 2 aromatic heterocycles. The van der Waals surface area contributed by atoms with Gasteiger partial charge in [-0.05, 0) is 30.3 Å². The lowest BCUT2D eigenvalue weighted by Crippen LogP contribution is -2.13. The van der Waals surface area contributed by atoms with Gasteiger partial charge in [0.1, 0.15) is 0 Å². The Labute approximate surface area is 181 Å². The lowest BCUT2D eigenvalue weighted by Gasteiger charge is -1.99. The molecule has 136 valence electrons. The maximum absolute atomic E-state index is 12.2. The van der Waals surface area contributed by atoms with E-state index in [1.54, 1.807) is 0 Å². The van der Waals surface area contributed by atoms with E-state index in [1.807, 2.05) is 47.8 Å². The molecule has 0 atom stereocenters. The number of nitrogens with one attached hydrogen (secondary N) is 1. The average molecular weight is 497 g/mol. The number of carbonyl (C=O) groups is 1. The zero-order valence-corrected chi connectivity index (χ0v) is 18.4. The molecule has 0 spiro atoms. The highest BCUT2D eigenvalue weighted by Crippen LogP contribution is 2.30. The van der Waals surface area contributed by atoms with E-state index in [2.05, 4.69) is 31.2 Å². The number of thiazole rings is 2. The Morgan fingerprint density at radius 2 is 2.00 bits per heavy atom. The van der Waals surface area contributed by atoms with Crippen LogP contribution in [0, 0.1) is 0 Å². The number of benzene rings is 2. The van der Waals surface area contributed by atoms with Crippen molar-refractivity contribution >= 4 is 83.2 Å². The van der Waals surface area contributed by atoms with Crippen LogP contribution in [0.1, 0.15) is 0 Å². The fraction of sp³-hybridized carbons (Fsp3) is 0.0556. The number of hydrogen-bond donors (Lipinski definition) is 1. The summed E-state index contributed by atoms with van der Waals surface area (Å²) in [5, 5.41) is 6.14. The smallest absolute Gasteiger partial charge is 0.236 e. The standard InChI is InChI=1S/C18H11BrClN3OS3/c19-11-3-6-13-15(7-11)27-17(21-13)23-16(24)9-26-18-22-14(8-25-18)10-1-4-12(20)5-2-10/h1-8H,9H2,(H,21,23,24). The first-order chi connectivity index (χ1) is 13.1. The second-order valence-corrected chi connectivity index (χ2v) is 9.94. The van der Waals surface area contributed by atoms with E-state index >= 15 is 0 Å². The van der Waals surface area contributed by atoms with E-state index in [1.165, 1.54) is 34.4 Å². The zero-order valence-electron chi connectivity index (χ0n) is 13.6. The Balaban J connectivity index is 1.36. The molecule has 0 aliphatic rings. The lowest BCUT2D eigenvalue weighted by molar-refractivity contribution is -0.113. The van der Waals surface area contributed by atoms with Crippen molar-refractivity contribution in [3.8, 4) is 11.3 Å². The van der Waals surface area contributed by atoms with Gasteiger partial charge < -0.3 is 5.32 Å². The third-order valence-electron chi connectivity index (χ3n) is 3.55. The van der Waals surface area contributed by atoms with Crippen LogP contribution in [0.2, 0.25) is 5.02 Å². The molecule has 2 aromatic carbocycles. The first-order valence-electron chi connectivity index (χ1n) is 7.77. The van der Waals surface area contributed by atoms with Crippen molar-refractivity contribution < 1.29 is 4.79 Å². The van der Waals surface area contributed by atoms with Crippen molar-refractivity contribution in [2.24, 2.45) is 0 Å². The number of halogens is 2. The van der Waals surface area contributed by atoms with Crippen LogP contribution in [0.15, 0.2) is 56.7 Å². The van der Waals surface area contributed by atoms with Crippen molar-refractivity contribution in [2.45, 2.75) is 4.34 Å². The topological polar surface area (TPSA) is 54.9 Å². The summed E-state index contributed by atoms with van der Waals surface area (Å²) in [6.45, 7) is 0. The molecule has 0 saturated heterocycles. The molecular formula is C18H11BrClN3OS3. The number of rotatable bonds is 5. The van der Waals surface area contributed by atoms with Crippen LogP contribution in [0.4, 0.5) is 5.13 Å². The average Bonchev–Trinajstić information content (AvgIpc) is 3.26. The summed E-state index contributed by atoms with van der Waals surface area (Å²) in [6.07, 6.45) is 0. The number of aromatic nitrogens is 2. The van der Waals surface area contributed by atoms with Gasteiger partial charge in [-0.1, -0.05) is 62.8 Å². The summed E-state index contributed by atoms with van der Waals surface area (Å²) in [6, 6.07) is 13.4. The van der Waals surface area contributed by atoms with Gasteiger partial charge >= 0.3 is 0 Å². The molecule has 1 amide bonds. The monoisotopic (exact) mass is 495 g/mol. The third kappa shape index (κ3) is 4.70. The molecule has 0 aliphatic carbocycles. The Hall–Kier alpha value is -1.45. The van der Waals surface area contributed by atoms with Gasteiger partial charge in [-0.25, -0.2) is 9.97 Å². The number of carbonyl (C=O) groups excluding carboxylic acids is 1. The summed E-state index contributed by atoms with van der Waals surface area (Å²) >= 11 is 13.8. The number of thioether (sulfide) groups is 1. The van der Waals surface area contributed by atoms with Crippen LogP contribution in [-0.4, -0.2) is 21.6 Å². The van der Waals surface area contributed by atoms with Gasteiger partial charge in [0.25, 0.3) is 0 Å². The van der Waals surface area contributed by atoms with E-state index in [9.17, 15) is 4.79 Å². The van der Waals surface area contributed by atoms with Gasteiger partial charge in [-0.2, -0.15) is 0 Å². The molecule has 9 heteroatoms. The van der Waals surface area contributed by atoms with Crippen molar-refractivity contribution in [3.05, 3.63) is 57.3 Å². The summed E-state index contributed by atoms with van der Waals surface area (Å²) in [4.78, 5) is 21.2. The molecule has 0 saturated carbocycles. The number of nitrogens with zero attached hydrogens (tertiary/aromatic N) is 2. The van der Waals surface area contributed by atoms with Crippen LogP contribution < -0.4 is 5.32 Å². The summed E-state index contributed by atoms with van der Waals surface area (Å²) in [5.41, 5.74) is 2.77. The molecule has 4 rings (SSSR count). The number of anilines is 1. The minimum Gasteiger partial charge on any atom is -0.301 e. The Morgan fingerprint density at radius 3 is 2.81 bits per heavy atom. The molecule has 4 nitrogen and oxygen atoms in total. The first-order valence-corrected chi connectivity index (χ1v) is 11.6. The van der Waals surface area contributed by atoms with Crippen molar-refractivity contribution in [2.75, 3.05) is 11.1 Å². The van der Waals surface area contributed by atoms with Crippen LogP contribution in [-0.2, 0) is 4.79 Å². The number of amides is 1. The van der Waals surface area contributed by atoms with E-state index < -0.39 is 0 Å². The highest BCUT2D eigenvalue weighted by molar-refractivity contribution is 9.10. The van der Waals surface area contributed by atoms with Crippen molar-refractivity contribution in [1.29, 1.82) is 0 Å². The molecule has 0 aliphatic heterocycles. The van der Waals surface area contributed by atoms with Crippen molar-refractivity contribution in [3.63, 3.8) is 0 Å². The highest BCUT2D eigenvalue weighted by Gasteiger charge is 2.11. The number of hydrogen-bond acceptors (Lipinski definition) is 6. The minimum atomic E-state index is -0.0960. The lowest BCUT2D eigenvalue weighted by atomic mass is 10.2. The maximum Gasteiger partial charge on any atom is 0.236 e. The molecule has 2 heterocycles. The maximum atomic E-state index is 12.2. The third-order valence-corrected chi connectivity index (χ3v) is 7.25. The van der Waals surface area contributed by atoms with Crippen LogP contribution >= 0.6 is 62.0 Å². The SMILES string of the molecule is O=C(CSc1nc(-c2ccc(Cl)cc2)cs1)Nc1nc2ccc(Br)cc2s1. The Bertz CT molecular complexity index is 1110. The van der Waals surface area contributed by atoms with E-state index in [0.29, 0.717) is 10.2 Å². The molecule has 1 N–H and O–H groups in total. The normalized spacial score (nSPS) is 11.0. The molecule has 0 radical (unpaired) electrons. The van der Waals surface area contributed by atoms with Crippen LogP contribution in [0.25, 0.3) is 21.5 Å². The molecule has 0 bridgehead atoms. The van der Waals surface area contributed by atoms with Gasteiger partial charge in [0.2, 0.25) is 5.91 Å².